The standard InChI is InChI=1S/C31H28N8O4S/c1-36-17-21(15-34-36)28-25(19-9-10-23-20(13-19)14-35-37(23)2)26-27-24(38(43-3)30(40)31(27)11-12-32-18-31)16-33-29(26)39(28)44(41,42)22-7-5-4-6-8-22/h4-10,13-17,32H,11-12,18H2,1-3H3. The number of aryl methyl sites for hydroxylation is 2. The molecule has 6 aromatic rings. The molecule has 2 aliphatic rings. The highest BCUT2D eigenvalue weighted by Crippen LogP contribution is 2.53. The Hall–Kier alpha value is -4.85. The number of amides is 1. The van der Waals surface area contributed by atoms with Gasteiger partial charge >= 0.3 is 0 Å². The zero-order valence-corrected chi connectivity index (χ0v) is 25.0. The molecule has 1 amide bonds. The van der Waals surface area contributed by atoms with Crippen molar-refractivity contribution in [3.63, 3.8) is 0 Å². The number of hydrogen-bond donors (Lipinski definition) is 1. The van der Waals surface area contributed by atoms with E-state index in [-0.39, 0.29) is 16.4 Å². The number of rotatable bonds is 5. The fraction of sp³-hybridized carbons (Fsp3) is 0.226. The van der Waals surface area contributed by atoms with Gasteiger partial charge in [-0.15, -0.1) is 0 Å². The normalized spacial score (nSPS) is 18.3. The molecule has 222 valence electrons. The van der Waals surface area contributed by atoms with Crippen LogP contribution in [0.2, 0.25) is 0 Å². The number of anilines is 1. The lowest BCUT2D eigenvalue weighted by atomic mass is 9.78. The molecule has 2 aliphatic heterocycles. The number of pyridine rings is 1. The molecule has 12 nitrogen and oxygen atoms in total. The van der Waals surface area contributed by atoms with E-state index in [1.165, 1.54) is 16.1 Å². The van der Waals surface area contributed by atoms with Gasteiger partial charge in [0.1, 0.15) is 0 Å². The summed E-state index contributed by atoms with van der Waals surface area (Å²) >= 11 is 0. The lowest BCUT2D eigenvalue weighted by Crippen LogP contribution is -2.41. The predicted octanol–water partition coefficient (Wildman–Crippen LogP) is 3.37. The molecule has 0 saturated carbocycles. The van der Waals surface area contributed by atoms with Gasteiger partial charge in [0.2, 0.25) is 0 Å². The highest BCUT2D eigenvalue weighted by molar-refractivity contribution is 7.90. The number of hydroxylamine groups is 1. The topological polar surface area (TPSA) is 129 Å². The molecule has 2 aromatic carbocycles. The number of fused-ring (bicyclic) bond motifs is 5. The number of carbonyl (C=O) groups excluding carboxylic acids is 1. The van der Waals surface area contributed by atoms with Crippen molar-refractivity contribution in [2.24, 2.45) is 14.1 Å². The maximum atomic E-state index is 14.7. The number of nitrogens with one attached hydrogen (secondary N) is 1. The maximum Gasteiger partial charge on any atom is 0.269 e. The SMILES string of the molecule is CON1C(=O)C2(CCNC2)c2c1cnc1c2c(-c2ccc3c(cnn3C)c2)c(-c2cnn(C)c2)n1S(=O)(=O)c1ccccc1. The third kappa shape index (κ3) is 3.48. The third-order valence-electron chi connectivity index (χ3n) is 8.84. The van der Waals surface area contributed by atoms with Gasteiger partial charge in [0.05, 0.1) is 52.9 Å². The zero-order chi connectivity index (χ0) is 30.4. The van der Waals surface area contributed by atoms with Crippen LogP contribution < -0.4 is 10.4 Å². The van der Waals surface area contributed by atoms with Gasteiger partial charge in [-0.1, -0.05) is 24.3 Å². The number of benzene rings is 2. The van der Waals surface area contributed by atoms with Crippen molar-refractivity contribution in [3.05, 3.63) is 78.9 Å². The Bertz CT molecular complexity index is 2240. The van der Waals surface area contributed by atoms with E-state index in [1.807, 2.05) is 25.2 Å². The third-order valence-corrected chi connectivity index (χ3v) is 10.5. The van der Waals surface area contributed by atoms with E-state index in [0.717, 1.165) is 16.5 Å². The van der Waals surface area contributed by atoms with Crippen LogP contribution in [0, 0.1) is 0 Å². The molecular weight excluding hydrogens is 580 g/mol. The molecule has 1 fully saturated rings. The molecule has 8 rings (SSSR count). The molecule has 6 heterocycles. The van der Waals surface area contributed by atoms with E-state index in [4.69, 9.17) is 9.82 Å². The van der Waals surface area contributed by atoms with Crippen LogP contribution in [-0.4, -0.2) is 63.0 Å². The largest absolute Gasteiger partial charge is 0.315 e. The minimum atomic E-state index is -4.19. The summed E-state index contributed by atoms with van der Waals surface area (Å²) in [6, 6.07) is 14.2. The smallest absolute Gasteiger partial charge is 0.269 e. The average molecular weight is 609 g/mol. The molecule has 44 heavy (non-hydrogen) atoms. The molecule has 1 spiro atoms. The van der Waals surface area contributed by atoms with Crippen molar-refractivity contribution in [2.75, 3.05) is 25.3 Å². The molecule has 1 unspecified atom stereocenters. The molecule has 0 aliphatic carbocycles. The number of hydrogen-bond acceptors (Lipinski definition) is 8. The summed E-state index contributed by atoms with van der Waals surface area (Å²) in [7, 11) is 0.925. The Labute approximate surface area is 252 Å². The van der Waals surface area contributed by atoms with Crippen LogP contribution in [0.15, 0.2) is 78.2 Å². The number of aromatic nitrogens is 6. The van der Waals surface area contributed by atoms with Crippen LogP contribution in [0.3, 0.4) is 0 Å². The number of nitrogens with zero attached hydrogens (tertiary/aromatic N) is 7. The first-order valence-corrected chi connectivity index (χ1v) is 15.6. The molecule has 4 aromatic heterocycles. The Morgan fingerprint density at radius 1 is 1.00 bits per heavy atom. The summed E-state index contributed by atoms with van der Waals surface area (Å²) < 4.78 is 34.1. The Morgan fingerprint density at radius 3 is 2.52 bits per heavy atom. The number of carbonyl (C=O) groups is 1. The second-order valence-electron chi connectivity index (χ2n) is 11.3. The first kappa shape index (κ1) is 26.8. The fourth-order valence-electron chi connectivity index (χ4n) is 6.86. The Morgan fingerprint density at radius 2 is 1.82 bits per heavy atom. The maximum absolute atomic E-state index is 14.7. The molecule has 0 radical (unpaired) electrons. The van der Waals surface area contributed by atoms with E-state index < -0.39 is 15.4 Å². The summed E-state index contributed by atoms with van der Waals surface area (Å²) in [5, 5.41) is 15.0. The Kier molecular flexibility index (Phi) is 5.67. The summed E-state index contributed by atoms with van der Waals surface area (Å²) in [5.74, 6) is -0.204. The van der Waals surface area contributed by atoms with Crippen LogP contribution in [0.25, 0.3) is 44.3 Å². The van der Waals surface area contributed by atoms with Gasteiger partial charge in [-0.3, -0.25) is 19.0 Å². The van der Waals surface area contributed by atoms with Crippen molar-refractivity contribution < 1.29 is 18.0 Å². The van der Waals surface area contributed by atoms with E-state index in [9.17, 15) is 13.2 Å². The van der Waals surface area contributed by atoms with Crippen molar-refractivity contribution in [1.29, 1.82) is 0 Å². The van der Waals surface area contributed by atoms with E-state index in [0.29, 0.717) is 53.0 Å². The second-order valence-corrected chi connectivity index (χ2v) is 13.0. The molecule has 1 N–H and O–H groups in total. The van der Waals surface area contributed by atoms with Crippen LogP contribution >= 0.6 is 0 Å². The highest BCUT2D eigenvalue weighted by Gasteiger charge is 2.55. The van der Waals surface area contributed by atoms with Gasteiger partial charge < -0.3 is 5.32 Å². The van der Waals surface area contributed by atoms with Crippen molar-refractivity contribution >= 4 is 43.6 Å². The van der Waals surface area contributed by atoms with Crippen molar-refractivity contribution in [1.82, 2.24) is 33.8 Å². The van der Waals surface area contributed by atoms with Gasteiger partial charge in [0.15, 0.2) is 5.65 Å². The summed E-state index contributed by atoms with van der Waals surface area (Å²) in [6.45, 7) is 1.01. The first-order chi connectivity index (χ1) is 21.3. The average Bonchev–Trinajstić information content (AvgIpc) is 3.85. The van der Waals surface area contributed by atoms with Gasteiger partial charge in [0.25, 0.3) is 15.9 Å². The van der Waals surface area contributed by atoms with Crippen LogP contribution in [0.4, 0.5) is 5.69 Å². The quantitative estimate of drug-likeness (QED) is 0.316. The molecule has 1 atom stereocenters. The predicted molar refractivity (Wildman–Crippen MR) is 164 cm³/mol. The minimum absolute atomic E-state index is 0.116. The molecule has 13 heteroatoms. The van der Waals surface area contributed by atoms with Gasteiger partial charge in [0, 0.05) is 54.3 Å². The van der Waals surface area contributed by atoms with E-state index in [2.05, 4.69) is 15.5 Å². The zero-order valence-electron chi connectivity index (χ0n) is 24.2. The highest BCUT2D eigenvalue weighted by atomic mass is 32.2. The van der Waals surface area contributed by atoms with Gasteiger partial charge in [-0.2, -0.15) is 15.3 Å². The monoisotopic (exact) mass is 608 g/mol. The van der Waals surface area contributed by atoms with Gasteiger partial charge in [-0.25, -0.2) is 17.4 Å². The van der Waals surface area contributed by atoms with E-state index >= 15 is 0 Å². The first-order valence-electron chi connectivity index (χ1n) is 14.2. The fourth-order valence-corrected chi connectivity index (χ4v) is 8.38. The summed E-state index contributed by atoms with van der Waals surface area (Å²) in [5.41, 5.74) is 3.79. The summed E-state index contributed by atoms with van der Waals surface area (Å²) in [6.07, 6.45) is 7.29. The van der Waals surface area contributed by atoms with Crippen molar-refractivity contribution in [3.8, 4) is 22.4 Å². The van der Waals surface area contributed by atoms with E-state index in [1.54, 1.807) is 71.5 Å². The van der Waals surface area contributed by atoms with Crippen LogP contribution in [0.1, 0.15) is 12.0 Å². The minimum Gasteiger partial charge on any atom is -0.315 e. The molecular formula is C31H28N8O4S. The Balaban J connectivity index is 1.60. The molecule has 1 saturated heterocycles. The lowest BCUT2D eigenvalue weighted by Gasteiger charge is -2.22. The summed E-state index contributed by atoms with van der Waals surface area (Å²) in [4.78, 5) is 24.6. The van der Waals surface area contributed by atoms with Gasteiger partial charge in [-0.05, 0) is 42.8 Å². The second kappa shape index (κ2) is 9.32. The lowest BCUT2D eigenvalue weighted by molar-refractivity contribution is -0.128. The van der Waals surface area contributed by atoms with Crippen LogP contribution in [0.5, 0.6) is 0 Å². The molecule has 0 bridgehead atoms. The van der Waals surface area contributed by atoms with Crippen LogP contribution in [-0.2, 0) is 39.2 Å². The van der Waals surface area contributed by atoms with Crippen molar-refractivity contribution in [2.45, 2.75) is 16.7 Å².